The van der Waals surface area contributed by atoms with Gasteiger partial charge in [-0.05, 0) is 38.8 Å². The Labute approximate surface area is 212 Å². The van der Waals surface area contributed by atoms with Gasteiger partial charge in [-0.3, -0.25) is 0 Å². The van der Waals surface area contributed by atoms with Crippen molar-refractivity contribution in [1.82, 2.24) is 14.9 Å². The monoisotopic (exact) mass is 471 g/mol. The zero-order valence-electron chi connectivity index (χ0n) is 23.8. The van der Waals surface area contributed by atoms with Gasteiger partial charge < -0.3 is 14.7 Å². The summed E-state index contributed by atoms with van der Waals surface area (Å²) in [5, 5.41) is 3.52. The molecule has 0 radical (unpaired) electrons. The fourth-order valence-electron chi connectivity index (χ4n) is 2.46. The molecule has 4 heteroatoms. The van der Waals surface area contributed by atoms with E-state index in [0.717, 1.165) is 26.1 Å². The Morgan fingerprint density at radius 2 is 1.59 bits per heavy atom. The first-order chi connectivity index (χ1) is 16.6. The highest BCUT2D eigenvalue weighted by Gasteiger charge is 2.03. The minimum Gasteiger partial charge on any atom is -0.330 e. The van der Waals surface area contributed by atoms with Gasteiger partial charge in [0.1, 0.15) is 6.79 Å². The maximum atomic E-state index is 8.00. The summed E-state index contributed by atoms with van der Waals surface area (Å²) >= 11 is 0. The molecule has 0 saturated heterocycles. The van der Waals surface area contributed by atoms with Gasteiger partial charge in [-0.1, -0.05) is 102 Å². The highest BCUT2D eigenvalue weighted by molar-refractivity contribution is 5.27. The Balaban J connectivity index is -0.000000506. The number of rotatable bonds is 11. The zero-order valence-corrected chi connectivity index (χ0v) is 23.8. The third-order valence-corrected chi connectivity index (χ3v) is 4.14. The number of nitrogens with zero attached hydrogens (tertiary/aromatic N) is 2. The highest BCUT2D eigenvalue weighted by Crippen LogP contribution is 2.08. The van der Waals surface area contributed by atoms with E-state index in [1.54, 1.807) is 0 Å². The lowest BCUT2D eigenvalue weighted by Gasteiger charge is -2.10. The van der Waals surface area contributed by atoms with Crippen molar-refractivity contribution in [2.45, 2.75) is 82.2 Å². The van der Waals surface area contributed by atoms with Crippen molar-refractivity contribution in [3.05, 3.63) is 90.1 Å². The molecule has 0 aliphatic heterocycles. The largest absolute Gasteiger partial charge is 0.330 e. The van der Waals surface area contributed by atoms with Crippen molar-refractivity contribution in [2.24, 2.45) is 0 Å². The number of carbonyl (C=O) groups excluding carboxylic acids is 1. The average Bonchev–Trinajstić information content (AvgIpc) is 3.35. The van der Waals surface area contributed by atoms with E-state index in [0.29, 0.717) is 0 Å². The molecule has 0 spiro atoms. The molecule has 0 aliphatic carbocycles. The quantitative estimate of drug-likeness (QED) is 0.262. The first kappa shape index (κ1) is 38.5. The van der Waals surface area contributed by atoms with E-state index in [1.165, 1.54) is 22.4 Å². The van der Waals surface area contributed by atoms with Gasteiger partial charge in [0.2, 0.25) is 0 Å². The topological polar surface area (TPSA) is 46.9 Å². The zero-order chi connectivity index (χ0) is 27.2. The maximum absolute atomic E-state index is 8.00. The lowest BCUT2D eigenvalue weighted by Crippen LogP contribution is -2.20. The van der Waals surface area contributed by atoms with Crippen LogP contribution in [0, 0.1) is 0 Å². The van der Waals surface area contributed by atoms with Gasteiger partial charge in [0.05, 0.1) is 6.33 Å². The summed E-state index contributed by atoms with van der Waals surface area (Å²) in [5.41, 5.74) is 5.02. The van der Waals surface area contributed by atoms with E-state index in [2.05, 4.69) is 78.7 Å². The summed E-state index contributed by atoms with van der Waals surface area (Å²) < 4.78 is 2.20. The smallest absolute Gasteiger partial charge is 0.106 e. The molecule has 1 aromatic rings. The number of allylic oxidation sites excluding steroid dienone is 9. The van der Waals surface area contributed by atoms with E-state index >= 15 is 0 Å². The van der Waals surface area contributed by atoms with Gasteiger partial charge in [-0.2, -0.15) is 0 Å². The molecule has 1 N–H and O–H groups in total. The number of aromatic nitrogens is 2. The van der Waals surface area contributed by atoms with Gasteiger partial charge in [-0.25, -0.2) is 4.98 Å². The molecule has 0 atom stereocenters. The molecule has 4 nitrogen and oxygen atoms in total. The molecule has 1 heterocycles. The summed E-state index contributed by atoms with van der Waals surface area (Å²) in [6.07, 6.45) is 21.4. The van der Waals surface area contributed by atoms with Crippen molar-refractivity contribution in [3.8, 4) is 0 Å². The van der Waals surface area contributed by atoms with Crippen LogP contribution in [0.5, 0.6) is 0 Å². The second-order valence-corrected chi connectivity index (χ2v) is 6.15. The van der Waals surface area contributed by atoms with Crippen molar-refractivity contribution in [1.29, 1.82) is 0 Å². The van der Waals surface area contributed by atoms with Crippen LogP contribution in [0.4, 0.5) is 0 Å². The van der Waals surface area contributed by atoms with Crippen LogP contribution in [0.15, 0.2) is 84.4 Å². The van der Waals surface area contributed by atoms with Crippen molar-refractivity contribution >= 4 is 6.79 Å². The Morgan fingerprint density at radius 3 is 2.09 bits per heavy atom. The van der Waals surface area contributed by atoms with Crippen LogP contribution in [-0.4, -0.2) is 29.4 Å². The van der Waals surface area contributed by atoms with Gasteiger partial charge in [0.15, 0.2) is 0 Å². The normalized spacial score (nSPS) is 11.3. The minimum atomic E-state index is 0.817. The molecule has 1 aromatic heterocycles. The molecule has 194 valence electrons. The fourth-order valence-corrected chi connectivity index (χ4v) is 2.46. The first-order valence-corrected chi connectivity index (χ1v) is 12.5. The molecule has 0 aliphatic rings. The summed E-state index contributed by atoms with van der Waals surface area (Å²) in [6, 6.07) is 0. The fraction of sp³-hybridized carbons (Fsp3) is 0.467. The van der Waals surface area contributed by atoms with Crippen LogP contribution < -0.4 is 5.32 Å². The third kappa shape index (κ3) is 21.1. The standard InChI is InChI=1S/C23H33N3.3C2H6.CH2O/c1-6-10-22(11-7-2)18-26-19-25-17-23(26)14-15-24-16-21(9-4)13-12-20(5)8-3;4*1-2/h6-13,17,19,24H,1,14-16,18H2,2-5H3;3*1-2H3;1H2/b11-7-,13-12-,20-8-,21-9+,22-10+;;;;. The Bertz CT molecular complexity index is 719. The van der Waals surface area contributed by atoms with Gasteiger partial charge >= 0.3 is 0 Å². The molecular weight excluding hydrogens is 418 g/mol. The average molecular weight is 472 g/mol. The summed E-state index contributed by atoms with van der Waals surface area (Å²) in [6.45, 7) is 28.7. The van der Waals surface area contributed by atoms with E-state index in [1.807, 2.05) is 79.9 Å². The molecule has 1 rings (SSSR count). The molecule has 0 saturated carbocycles. The van der Waals surface area contributed by atoms with Gasteiger partial charge in [0, 0.05) is 37.9 Å². The molecule has 0 aromatic carbocycles. The number of imidazole rings is 1. The van der Waals surface area contributed by atoms with E-state index in [9.17, 15) is 0 Å². The number of hydrogen-bond acceptors (Lipinski definition) is 3. The summed E-state index contributed by atoms with van der Waals surface area (Å²) in [7, 11) is 0. The van der Waals surface area contributed by atoms with E-state index in [4.69, 9.17) is 4.79 Å². The highest BCUT2D eigenvalue weighted by atomic mass is 16.1. The predicted octanol–water partition coefficient (Wildman–Crippen LogP) is 8.07. The molecule has 0 bridgehead atoms. The van der Waals surface area contributed by atoms with Gasteiger partial charge in [0.25, 0.3) is 0 Å². The number of hydrogen-bond donors (Lipinski definition) is 1. The van der Waals surface area contributed by atoms with Crippen LogP contribution >= 0.6 is 0 Å². The van der Waals surface area contributed by atoms with Crippen LogP contribution in [0.25, 0.3) is 0 Å². The molecule has 0 amide bonds. The van der Waals surface area contributed by atoms with Crippen molar-refractivity contribution < 1.29 is 4.79 Å². The predicted molar refractivity (Wildman–Crippen MR) is 155 cm³/mol. The van der Waals surface area contributed by atoms with Crippen LogP contribution in [0.1, 0.15) is 74.9 Å². The lowest BCUT2D eigenvalue weighted by atomic mass is 10.2. The minimum absolute atomic E-state index is 0.817. The Kier molecular flexibility index (Phi) is 36.8. The molecule has 0 unspecified atom stereocenters. The molecular formula is C30H53N3O. The SMILES string of the molecule is C=C/C=C(\C=C/C)Cn1cncc1CCNCC(/C=C\C(C)=C/C)=C/C.C=O.CC.CC.CC. The number of carbonyl (C=O) groups is 1. The van der Waals surface area contributed by atoms with Crippen molar-refractivity contribution in [3.63, 3.8) is 0 Å². The third-order valence-electron chi connectivity index (χ3n) is 4.14. The molecule has 0 fully saturated rings. The molecule has 34 heavy (non-hydrogen) atoms. The van der Waals surface area contributed by atoms with Crippen LogP contribution in [0.2, 0.25) is 0 Å². The maximum Gasteiger partial charge on any atom is 0.106 e. The van der Waals surface area contributed by atoms with Crippen molar-refractivity contribution in [2.75, 3.05) is 13.1 Å². The second-order valence-electron chi connectivity index (χ2n) is 6.15. The van der Waals surface area contributed by atoms with Crippen LogP contribution in [-0.2, 0) is 17.8 Å². The van der Waals surface area contributed by atoms with Gasteiger partial charge in [-0.15, -0.1) is 0 Å². The van der Waals surface area contributed by atoms with Crippen LogP contribution in [0.3, 0.4) is 0 Å². The number of nitrogens with one attached hydrogen (secondary N) is 1. The summed E-state index contributed by atoms with van der Waals surface area (Å²) in [4.78, 5) is 12.3. The Morgan fingerprint density at radius 1 is 0.971 bits per heavy atom. The lowest BCUT2D eigenvalue weighted by molar-refractivity contribution is -0.0979. The van der Waals surface area contributed by atoms with E-state index in [-0.39, 0.29) is 0 Å². The second kappa shape index (κ2) is 32.5. The summed E-state index contributed by atoms with van der Waals surface area (Å²) in [5.74, 6) is 0. The Hall–Kier alpha value is -2.72. The van der Waals surface area contributed by atoms with E-state index < -0.39 is 0 Å². The first-order valence-electron chi connectivity index (χ1n) is 12.5.